The maximum Gasteiger partial charge on any atom is 0.166 e. The maximum absolute atomic E-state index is 13.0. The summed E-state index contributed by atoms with van der Waals surface area (Å²) in [6.45, 7) is 2.03. The van der Waals surface area contributed by atoms with Gasteiger partial charge < -0.3 is 10.8 Å². The van der Waals surface area contributed by atoms with Crippen LogP contribution < -0.4 is 5.73 Å². The lowest BCUT2D eigenvalue weighted by molar-refractivity contribution is 0.430. The number of nitrogens with two attached hydrogens (primary N) is 1. The molecule has 0 spiro atoms. The van der Waals surface area contributed by atoms with E-state index in [9.17, 15) is 9.50 Å². The predicted molar refractivity (Wildman–Crippen MR) is 55.9 cm³/mol. The highest BCUT2D eigenvalue weighted by atomic mass is 35.5. The Kier molecular flexibility index (Phi) is 3.49. The molecule has 0 saturated heterocycles. The van der Waals surface area contributed by atoms with E-state index in [1.807, 2.05) is 0 Å². The first-order chi connectivity index (χ1) is 6.57. The molecule has 1 rings (SSSR count). The molecule has 14 heavy (non-hydrogen) atoms. The topological polar surface area (TPSA) is 46.2 Å². The SMILES string of the molecule is Cc1c(Cl)cc(F)c(O)c1/C=C/CN. The molecule has 0 saturated carbocycles. The zero-order valence-corrected chi connectivity index (χ0v) is 8.48. The van der Waals surface area contributed by atoms with Gasteiger partial charge in [-0.3, -0.25) is 0 Å². The number of hydrogen-bond acceptors (Lipinski definition) is 2. The van der Waals surface area contributed by atoms with E-state index < -0.39 is 11.6 Å². The van der Waals surface area contributed by atoms with E-state index in [4.69, 9.17) is 17.3 Å². The highest BCUT2D eigenvalue weighted by Crippen LogP contribution is 2.31. The molecule has 76 valence electrons. The van der Waals surface area contributed by atoms with Crippen LogP contribution in [0, 0.1) is 12.7 Å². The minimum atomic E-state index is -0.725. The molecule has 0 fully saturated rings. The van der Waals surface area contributed by atoms with Crippen LogP contribution in [0.25, 0.3) is 6.08 Å². The third-order valence-electron chi connectivity index (χ3n) is 1.92. The van der Waals surface area contributed by atoms with E-state index in [0.29, 0.717) is 17.7 Å². The summed E-state index contributed by atoms with van der Waals surface area (Å²) in [7, 11) is 0. The van der Waals surface area contributed by atoms with Gasteiger partial charge in [0, 0.05) is 17.1 Å². The van der Waals surface area contributed by atoms with Crippen LogP contribution in [0.5, 0.6) is 5.75 Å². The molecular weight excluding hydrogens is 205 g/mol. The van der Waals surface area contributed by atoms with Crippen LogP contribution in [0.3, 0.4) is 0 Å². The Balaban J connectivity index is 3.32. The Morgan fingerprint density at radius 2 is 2.29 bits per heavy atom. The van der Waals surface area contributed by atoms with Gasteiger partial charge in [0.05, 0.1) is 0 Å². The van der Waals surface area contributed by atoms with Gasteiger partial charge >= 0.3 is 0 Å². The van der Waals surface area contributed by atoms with Gasteiger partial charge in [-0.25, -0.2) is 4.39 Å². The van der Waals surface area contributed by atoms with Crippen molar-refractivity contribution < 1.29 is 9.50 Å². The second kappa shape index (κ2) is 4.44. The monoisotopic (exact) mass is 215 g/mol. The second-order valence-corrected chi connectivity index (χ2v) is 3.27. The fourth-order valence-electron chi connectivity index (χ4n) is 1.11. The number of phenols is 1. The summed E-state index contributed by atoms with van der Waals surface area (Å²) < 4.78 is 13.0. The Bertz CT molecular complexity index is 351. The van der Waals surface area contributed by atoms with Crippen molar-refractivity contribution in [2.45, 2.75) is 6.92 Å². The Labute approximate surface area is 86.8 Å². The van der Waals surface area contributed by atoms with Crippen LogP contribution in [0.1, 0.15) is 11.1 Å². The first kappa shape index (κ1) is 11.0. The average Bonchev–Trinajstić information content (AvgIpc) is 2.15. The molecule has 1 aromatic rings. The molecule has 0 aliphatic rings. The summed E-state index contributed by atoms with van der Waals surface area (Å²) in [4.78, 5) is 0. The van der Waals surface area contributed by atoms with Crippen LogP contribution in [0.2, 0.25) is 5.02 Å². The molecule has 0 unspecified atom stereocenters. The van der Waals surface area contributed by atoms with Crippen LogP contribution in [-0.2, 0) is 0 Å². The lowest BCUT2D eigenvalue weighted by Gasteiger charge is -2.06. The van der Waals surface area contributed by atoms with Crippen LogP contribution in [0.4, 0.5) is 4.39 Å². The smallest absolute Gasteiger partial charge is 0.166 e. The zero-order chi connectivity index (χ0) is 10.7. The van der Waals surface area contributed by atoms with Crippen molar-refractivity contribution in [2.75, 3.05) is 6.54 Å². The minimum absolute atomic E-state index is 0.289. The van der Waals surface area contributed by atoms with Crippen molar-refractivity contribution in [3.63, 3.8) is 0 Å². The minimum Gasteiger partial charge on any atom is -0.504 e. The van der Waals surface area contributed by atoms with Gasteiger partial charge in [0.2, 0.25) is 0 Å². The number of aromatic hydroxyl groups is 1. The standard InChI is InChI=1S/C10H11ClFNO/c1-6-7(3-2-4-13)10(14)9(12)5-8(6)11/h2-3,5,14H,4,13H2,1H3/b3-2+. The van der Waals surface area contributed by atoms with E-state index in [0.717, 1.165) is 6.07 Å². The highest BCUT2D eigenvalue weighted by molar-refractivity contribution is 6.31. The Hall–Kier alpha value is -1.06. The molecule has 4 heteroatoms. The average molecular weight is 216 g/mol. The van der Waals surface area contributed by atoms with Gasteiger partial charge in [0.1, 0.15) is 0 Å². The first-order valence-corrected chi connectivity index (χ1v) is 4.50. The molecule has 0 atom stereocenters. The molecule has 0 aliphatic carbocycles. The summed E-state index contributed by atoms with van der Waals surface area (Å²) in [6.07, 6.45) is 3.18. The van der Waals surface area contributed by atoms with Crippen molar-refractivity contribution in [3.8, 4) is 5.75 Å². The molecule has 0 amide bonds. The van der Waals surface area contributed by atoms with Gasteiger partial charge in [0.25, 0.3) is 0 Å². The quantitative estimate of drug-likeness (QED) is 0.796. The van der Waals surface area contributed by atoms with Gasteiger partial charge in [-0.15, -0.1) is 0 Å². The number of benzene rings is 1. The van der Waals surface area contributed by atoms with Crippen molar-refractivity contribution in [2.24, 2.45) is 5.73 Å². The summed E-state index contributed by atoms with van der Waals surface area (Å²) in [5.41, 5.74) is 6.27. The number of rotatable bonds is 2. The number of halogens is 2. The van der Waals surface area contributed by atoms with Crippen molar-refractivity contribution >= 4 is 17.7 Å². The van der Waals surface area contributed by atoms with Crippen molar-refractivity contribution in [3.05, 3.63) is 34.1 Å². The maximum atomic E-state index is 13.0. The predicted octanol–water partition coefficient (Wildman–Crippen LogP) is 2.47. The van der Waals surface area contributed by atoms with Crippen LogP contribution >= 0.6 is 11.6 Å². The lowest BCUT2D eigenvalue weighted by atomic mass is 10.1. The van der Waals surface area contributed by atoms with E-state index in [-0.39, 0.29) is 5.02 Å². The number of hydrogen-bond donors (Lipinski definition) is 2. The first-order valence-electron chi connectivity index (χ1n) is 4.12. The third-order valence-corrected chi connectivity index (χ3v) is 2.31. The molecule has 0 bridgehead atoms. The molecule has 2 nitrogen and oxygen atoms in total. The highest BCUT2D eigenvalue weighted by Gasteiger charge is 2.11. The largest absolute Gasteiger partial charge is 0.504 e. The van der Waals surface area contributed by atoms with Crippen LogP contribution in [0.15, 0.2) is 12.1 Å². The molecule has 0 aliphatic heterocycles. The second-order valence-electron chi connectivity index (χ2n) is 2.87. The normalized spacial score (nSPS) is 11.1. The number of phenolic OH excluding ortho intramolecular Hbond substituents is 1. The van der Waals surface area contributed by atoms with Crippen molar-refractivity contribution in [1.29, 1.82) is 0 Å². The fraction of sp³-hybridized carbons (Fsp3) is 0.200. The lowest BCUT2D eigenvalue weighted by Crippen LogP contribution is -1.93. The van der Waals surface area contributed by atoms with Gasteiger partial charge in [0.15, 0.2) is 11.6 Å². The zero-order valence-electron chi connectivity index (χ0n) is 7.72. The summed E-state index contributed by atoms with van der Waals surface area (Å²) >= 11 is 5.75. The van der Waals surface area contributed by atoms with Crippen LogP contribution in [-0.4, -0.2) is 11.7 Å². The molecule has 0 aromatic heterocycles. The summed E-state index contributed by atoms with van der Waals surface area (Å²) in [5, 5.41) is 9.69. The molecule has 3 N–H and O–H groups in total. The van der Waals surface area contributed by atoms with E-state index in [1.165, 1.54) is 0 Å². The van der Waals surface area contributed by atoms with Gasteiger partial charge in [-0.1, -0.05) is 23.8 Å². The van der Waals surface area contributed by atoms with Crippen molar-refractivity contribution in [1.82, 2.24) is 0 Å². The summed E-state index contributed by atoms with van der Waals surface area (Å²) in [5.74, 6) is -1.12. The van der Waals surface area contributed by atoms with Gasteiger partial charge in [-0.2, -0.15) is 0 Å². The Morgan fingerprint density at radius 3 is 2.86 bits per heavy atom. The molecule has 0 heterocycles. The van der Waals surface area contributed by atoms with Gasteiger partial charge in [-0.05, 0) is 18.6 Å². The van der Waals surface area contributed by atoms with E-state index in [1.54, 1.807) is 19.1 Å². The molecule has 0 radical (unpaired) electrons. The van der Waals surface area contributed by atoms with E-state index in [2.05, 4.69) is 0 Å². The van der Waals surface area contributed by atoms with E-state index >= 15 is 0 Å². The molecule has 1 aromatic carbocycles. The Morgan fingerprint density at radius 1 is 1.64 bits per heavy atom. The molecular formula is C10H11ClFNO. The third kappa shape index (κ3) is 2.05. The summed E-state index contributed by atoms with van der Waals surface area (Å²) in [6, 6.07) is 1.09. The fourth-order valence-corrected chi connectivity index (χ4v) is 1.31.